The van der Waals surface area contributed by atoms with E-state index < -0.39 is 12.1 Å². The standard InChI is InChI=1S/C24H27N5O3.C2HF3O2/c1-31-20-7-3-16(4-8-20)12-28-13-17-11-22-26-27-23(29(22)15-18(17)14-28)24(30)25-19-5-9-21(32-2)10-6-19;3-2(4,5)1(6)7/h3-10,17-18H,11-15H2,1-2H3,(H,25,30);(H,6,7). The summed E-state index contributed by atoms with van der Waals surface area (Å²) in [6.45, 7) is 3.74. The predicted octanol–water partition coefficient (Wildman–Crippen LogP) is 3.49. The van der Waals surface area contributed by atoms with Gasteiger partial charge in [0.25, 0.3) is 5.91 Å². The first kappa shape index (κ1) is 27.9. The summed E-state index contributed by atoms with van der Waals surface area (Å²) in [7, 11) is 3.30. The number of amides is 1. The first-order valence-corrected chi connectivity index (χ1v) is 12.1. The van der Waals surface area contributed by atoms with Crippen molar-refractivity contribution in [3.05, 3.63) is 65.7 Å². The zero-order valence-electron chi connectivity index (χ0n) is 21.3. The van der Waals surface area contributed by atoms with Gasteiger partial charge in [0, 0.05) is 38.3 Å². The molecule has 0 bridgehead atoms. The Balaban J connectivity index is 0.000000448. The van der Waals surface area contributed by atoms with Crippen LogP contribution in [0.1, 0.15) is 22.0 Å². The van der Waals surface area contributed by atoms with Crippen LogP contribution in [0.15, 0.2) is 48.5 Å². The van der Waals surface area contributed by atoms with E-state index in [0.29, 0.717) is 23.3 Å². The van der Waals surface area contributed by atoms with Crippen molar-refractivity contribution >= 4 is 17.6 Å². The molecule has 0 aliphatic carbocycles. The Kier molecular flexibility index (Phi) is 8.38. The predicted molar refractivity (Wildman–Crippen MR) is 134 cm³/mol. The van der Waals surface area contributed by atoms with Crippen LogP contribution in [-0.2, 0) is 24.3 Å². The number of alkyl halides is 3. The van der Waals surface area contributed by atoms with Crippen LogP contribution in [0, 0.1) is 11.8 Å². The van der Waals surface area contributed by atoms with Gasteiger partial charge in [0.15, 0.2) is 0 Å². The number of carbonyl (C=O) groups is 2. The van der Waals surface area contributed by atoms with Crippen molar-refractivity contribution in [2.75, 3.05) is 32.6 Å². The van der Waals surface area contributed by atoms with Crippen LogP contribution in [0.4, 0.5) is 18.9 Å². The van der Waals surface area contributed by atoms with Crippen molar-refractivity contribution in [1.29, 1.82) is 0 Å². The number of rotatable bonds is 6. The fourth-order valence-corrected chi connectivity index (χ4v) is 4.77. The van der Waals surface area contributed by atoms with Crippen LogP contribution in [0.2, 0.25) is 0 Å². The molecule has 1 aromatic heterocycles. The number of ether oxygens (including phenoxy) is 2. The van der Waals surface area contributed by atoms with Crippen molar-refractivity contribution in [3.8, 4) is 11.5 Å². The van der Waals surface area contributed by atoms with E-state index in [2.05, 4.69) is 32.5 Å². The number of carbonyl (C=O) groups excluding carboxylic acids is 1. The lowest BCUT2D eigenvalue weighted by Crippen LogP contribution is -2.31. The van der Waals surface area contributed by atoms with Crippen molar-refractivity contribution in [1.82, 2.24) is 19.7 Å². The van der Waals surface area contributed by atoms with Gasteiger partial charge in [-0.05, 0) is 53.8 Å². The van der Waals surface area contributed by atoms with Gasteiger partial charge < -0.3 is 24.5 Å². The Hall–Kier alpha value is -4.13. The van der Waals surface area contributed by atoms with Crippen LogP contribution in [-0.4, -0.2) is 70.1 Å². The third-order valence-corrected chi connectivity index (χ3v) is 6.70. The molecule has 3 aromatic rings. The molecular weight excluding hydrogens is 519 g/mol. The number of likely N-dealkylation sites (tertiary alicyclic amines) is 1. The Morgan fingerprint density at radius 3 is 2.08 bits per heavy atom. The van der Waals surface area contributed by atoms with Crippen LogP contribution in [0.5, 0.6) is 11.5 Å². The molecule has 1 amide bonds. The van der Waals surface area contributed by atoms with Crippen LogP contribution in [0.3, 0.4) is 0 Å². The topological polar surface area (TPSA) is 119 Å². The minimum atomic E-state index is -5.08. The minimum absolute atomic E-state index is 0.236. The van der Waals surface area contributed by atoms with Gasteiger partial charge in [0.1, 0.15) is 17.3 Å². The summed E-state index contributed by atoms with van der Waals surface area (Å²) in [5.41, 5.74) is 1.98. The molecule has 3 heterocycles. The smallest absolute Gasteiger partial charge is 0.490 e. The average Bonchev–Trinajstić information content (AvgIpc) is 3.50. The molecule has 2 N–H and O–H groups in total. The van der Waals surface area contributed by atoms with E-state index in [1.165, 1.54) is 5.56 Å². The first-order valence-electron chi connectivity index (χ1n) is 12.1. The number of methoxy groups -OCH3 is 2. The molecule has 2 aromatic carbocycles. The second kappa shape index (κ2) is 11.7. The molecular formula is C26H28F3N5O5. The highest BCUT2D eigenvalue weighted by Crippen LogP contribution is 2.33. The highest BCUT2D eigenvalue weighted by atomic mass is 19.4. The molecule has 208 valence electrons. The van der Waals surface area contributed by atoms with Crippen molar-refractivity contribution in [3.63, 3.8) is 0 Å². The SMILES string of the molecule is COc1ccc(CN2CC3Cc4nnc(C(=O)Nc5ccc(OC)cc5)n4CC3C2)cc1.O=C(O)C(F)(F)F. The van der Waals surface area contributed by atoms with Gasteiger partial charge in [-0.3, -0.25) is 9.69 Å². The van der Waals surface area contributed by atoms with Gasteiger partial charge in [-0.15, -0.1) is 10.2 Å². The summed E-state index contributed by atoms with van der Waals surface area (Å²) in [5.74, 6) is 0.941. The molecule has 2 unspecified atom stereocenters. The number of hydrogen-bond donors (Lipinski definition) is 2. The van der Waals surface area contributed by atoms with Crippen molar-refractivity contribution in [2.24, 2.45) is 11.8 Å². The van der Waals surface area contributed by atoms with E-state index in [1.807, 2.05) is 41.0 Å². The number of anilines is 1. The molecule has 0 radical (unpaired) electrons. The molecule has 10 nitrogen and oxygen atoms in total. The Morgan fingerprint density at radius 1 is 0.949 bits per heavy atom. The summed E-state index contributed by atoms with van der Waals surface area (Å²) in [4.78, 5) is 24.3. The molecule has 13 heteroatoms. The Morgan fingerprint density at radius 2 is 1.51 bits per heavy atom. The number of aromatic nitrogens is 3. The summed E-state index contributed by atoms with van der Waals surface area (Å²) >= 11 is 0. The van der Waals surface area contributed by atoms with Gasteiger partial charge in [0.05, 0.1) is 14.2 Å². The van der Waals surface area contributed by atoms with Gasteiger partial charge in [-0.25, -0.2) is 4.79 Å². The number of halogens is 3. The maximum absolute atomic E-state index is 12.9. The van der Waals surface area contributed by atoms with Gasteiger partial charge in [0.2, 0.25) is 5.82 Å². The number of carboxylic acid groups (broad SMARTS) is 1. The van der Waals surface area contributed by atoms with E-state index in [1.54, 1.807) is 14.2 Å². The zero-order chi connectivity index (χ0) is 28.2. The van der Waals surface area contributed by atoms with Crippen LogP contribution < -0.4 is 14.8 Å². The zero-order valence-corrected chi connectivity index (χ0v) is 21.3. The van der Waals surface area contributed by atoms with Gasteiger partial charge >= 0.3 is 12.1 Å². The highest BCUT2D eigenvalue weighted by molar-refractivity contribution is 6.01. The van der Waals surface area contributed by atoms with Crippen LogP contribution in [0.25, 0.3) is 0 Å². The monoisotopic (exact) mass is 547 g/mol. The average molecular weight is 548 g/mol. The number of nitrogens with one attached hydrogen (secondary N) is 1. The second-order valence-electron chi connectivity index (χ2n) is 9.30. The number of benzene rings is 2. The molecule has 2 atom stereocenters. The summed E-state index contributed by atoms with van der Waals surface area (Å²) in [5, 5.41) is 18.6. The van der Waals surface area contributed by atoms with Crippen molar-refractivity contribution in [2.45, 2.75) is 25.7 Å². The number of fused-ring (bicyclic) bond motifs is 2. The van der Waals surface area contributed by atoms with Crippen LogP contribution >= 0.6 is 0 Å². The molecule has 2 aliphatic rings. The molecule has 5 rings (SSSR count). The second-order valence-corrected chi connectivity index (χ2v) is 9.30. The fourth-order valence-electron chi connectivity index (χ4n) is 4.77. The van der Waals surface area contributed by atoms with E-state index in [0.717, 1.165) is 49.9 Å². The Bertz CT molecular complexity index is 1290. The molecule has 39 heavy (non-hydrogen) atoms. The maximum atomic E-state index is 12.9. The fraction of sp³-hybridized carbons (Fsp3) is 0.385. The number of nitrogens with zero attached hydrogens (tertiary/aromatic N) is 4. The van der Waals surface area contributed by atoms with E-state index >= 15 is 0 Å². The normalized spacial score (nSPS) is 18.3. The molecule has 1 fully saturated rings. The van der Waals surface area contributed by atoms with Gasteiger partial charge in [-0.1, -0.05) is 12.1 Å². The quantitative estimate of drug-likeness (QED) is 0.482. The summed E-state index contributed by atoms with van der Waals surface area (Å²) < 4.78 is 44.2. The first-order chi connectivity index (χ1) is 18.6. The van der Waals surface area contributed by atoms with E-state index in [4.69, 9.17) is 19.4 Å². The minimum Gasteiger partial charge on any atom is -0.497 e. The lowest BCUT2D eigenvalue weighted by atomic mass is 9.89. The molecule has 0 spiro atoms. The summed E-state index contributed by atoms with van der Waals surface area (Å²) in [6.07, 6.45) is -4.23. The van der Waals surface area contributed by atoms with Gasteiger partial charge in [-0.2, -0.15) is 13.2 Å². The lowest BCUT2D eigenvalue weighted by Gasteiger charge is -2.25. The number of aliphatic carboxylic acids is 1. The molecule has 2 aliphatic heterocycles. The number of carboxylic acids is 1. The molecule has 1 saturated heterocycles. The van der Waals surface area contributed by atoms with E-state index in [9.17, 15) is 18.0 Å². The molecule has 0 saturated carbocycles. The number of hydrogen-bond acceptors (Lipinski definition) is 7. The van der Waals surface area contributed by atoms with Crippen molar-refractivity contribution < 1.29 is 37.3 Å². The highest BCUT2D eigenvalue weighted by Gasteiger charge is 2.39. The summed E-state index contributed by atoms with van der Waals surface area (Å²) in [6, 6.07) is 15.5. The maximum Gasteiger partial charge on any atom is 0.490 e. The lowest BCUT2D eigenvalue weighted by molar-refractivity contribution is -0.192. The largest absolute Gasteiger partial charge is 0.497 e. The third-order valence-electron chi connectivity index (χ3n) is 6.70. The third kappa shape index (κ3) is 6.85. The van der Waals surface area contributed by atoms with E-state index in [-0.39, 0.29) is 5.91 Å². The Labute approximate surface area is 222 Å².